The highest BCUT2D eigenvalue weighted by Crippen LogP contribution is 2.24. The molecule has 9 nitrogen and oxygen atoms in total. The molecular weight excluding hydrogens is 380 g/mol. The van der Waals surface area contributed by atoms with Crippen LogP contribution in [0.15, 0.2) is 9.42 Å². The van der Waals surface area contributed by atoms with Crippen molar-refractivity contribution in [1.29, 1.82) is 0 Å². The first-order chi connectivity index (χ1) is 12.1. The lowest BCUT2D eigenvalue weighted by Gasteiger charge is -2.22. The van der Waals surface area contributed by atoms with Gasteiger partial charge in [-0.2, -0.15) is 4.31 Å². The lowest BCUT2D eigenvalue weighted by atomic mass is 10.3. The SMILES string of the molecule is Cc1noc(C)c1S(=O)(=O)N1CCCN(CCCS(=O)(=O)N(C)C)CC1. The van der Waals surface area contributed by atoms with Crippen molar-refractivity contribution in [3.63, 3.8) is 0 Å². The molecule has 1 saturated heterocycles. The molecule has 0 atom stereocenters. The lowest BCUT2D eigenvalue weighted by molar-refractivity contribution is 0.287. The number of aromatic nitrogens is 1. The van der Waals surface area contributed by atoms with E-state index in [1.165, 1.54) is 22.7 Å². The molecule has 1 aromatic heterocycles. The van der Waals surface area contributed by atoms with Gasteiger partial charge in [0.15, 0.2) is 5.76 Å². The Morgan fingerprint density at radius 2 is 1.77 bits per heavy atom. The fourth-order valence-electron chi connectivity index (χ4n) is 3.04. The van der Waals surface area contributed by atoms with Crippen LogP contribution < -0.4 is 0 Å². The van der Waals surface area contributed by atoms with Gasteiger partial charge in [-0.3, -0.25) is 0 Å². The van der Waals surface area contributed by atoms with Crippen molar-refractivity contribution in [2.24, 2.45) is 0 Å². The van der Waals surface area contributed by atoms with E-state index in [0.29, 0.717) is 50.5 Å². The third kappa shape index (κ3) is 4.83. The fourth-order valence-corrected chi connectivity index (χ4v) is 5.66. The van der Waals surface area contributed by atoms with E-state index < -0.39 is 20.0 Å². The van der Waals surface area contributed by atoms with Crippen molar-refractivity contribution in [2.75, 3.05) is 52.6 Å². The lowest BCUT2D eigenvalue weighted by Crippen LogP contribution is -2.36. The molecule has 0 aliphatic carbocycles. The summed E-state index contributed by atoms with van der Waals surface area (Å²) < 4.78 is 57.1. The maximum atomic E-state index is 12.9. The summed E-state index contributed by atoms with van der Waals surface area (Å²) in [6.45, 7) is 5.97. The van der Waals surface area contributed by atoms with E-state index in [1.54, 1.807) is 13.8 Å². The number of sulfonamides is 2. The van der Waals surface area contributed by atoms with Crippen LogP contribution in [0.25, 0.3) is 0 Å². The normalized spacial score (nSPS) is 18.3. The molecule has 1 aliphatic rings. The number of hydrogen-bond donors (Lipinski definition) is 0. The van der Waals surface area contributed by atoms with E-state index in [0.717, 1.165) is 6.54 Å². The molecule has 0 radical (unpaired) electrons. The van der Waals surface area contributed by atoms with E-state index >= 15 is 0 Å². The molecule has 2 heterocycles. The quantitative estimate of drug-likeness (QED) is 0.638. The molecule has 2 rings (SSSR count). The summed E-state index contributed by atoms with van der Waals surface area (Å²) >= 11 is 0. The van der Waals surface area contributed by atoms with Gasteiger partial charge >= 0.3 is 0 Å². The summed E-state index contributed by atoms with van der Waals surface area (Å²) in [5, 5.41) is 3.74. The van der Waals surface area contributed by atoms with Gasteiger partial charge in [-0.15, -0.1) is 0 Å². The Balaban J connectivity index is 1.96. The van der Waals surface area contributed by atoms with Crippen LogP contribution in [0.2, 0.25) is 0 Å². The zero-order valence-corrected chi connectivity index (χ0v) is 17.4. The van der Waals surface area contributed by atoms with Crippen LogP contribution in [0.1, 0.15) is 24.3 Å². The Labute approximate surface area is 156 Å². The smallest absolute Gasteiger partial charge is 0.248 e. The van der Waals surface area contributed by atoms with Gasteiger partial charge in [0.1, 0.15) is 10.6 Å². The van der Waals surface area contributed by atoms with E-state index in [2.05, 4.69) is 10.1 Å². The monoisotopic (exact) mass is 408 g/mol. The van der Waals surface area contributed by atoms with Crippen LogP contribution in [-0.2, 0) is 20.0 Å². The van der Waals surface area contributed by atoms with Gasteiger partial charge in [0, 0.05) is 33.7 Å². The first-order valence-corrected chi connectivity index (χ1v) is 11.7. The first-order valence-electron chi connectivity index (χ1n) is 8.61. The molecule has 1 aliphatic heterocycles. The summed E-state index contributed by atoms with van der Waals surface area (Å²) in [4.78, 5) is 2.27. The fraction of sp³-hybridized carbons (Fsp3) is 0.800. The maximum Gasteiger partial charge on any atom is 0.248 e. The summed E-state index contributed by atoms with van der Waals surface area (Å²) in [6, 6.07) is 0. The van der Waals surface area contributed by atoms with Gasteiger partial charge in [0.25, 0.3) is 0 Å². The molecule has 0 bridgehead atoms. The zero-order chi connectivity index (χ0) is 19.5. The summed E-state index contributed by atoms with van der Waals surface area (Å²) in [5.74, 6) is 0.398. The van der Waals surface area contributed by atoms with Crippen molar-refractivity contribution in [3.05, 3.63) is 11.5 Å². The molecule has 0 unspecified atom stereocenters. The molecule has 0 N–H and O–H groups in total. The average molecular weight is 409 g/mol. The van der Waals surface area contributed by atoms with Gasteiger partial charge in [0.2, 0.25) is 20.0 Å². The number of hydrogen-bond acceptors (Lipinski definition) is 7. The van der Waals surface area contributed by atoms with Gasteiger partial charge < -0.3 is 9.42 Å². The standard InChI is InChI=1S/C15H28N4O5S2/c1-13-15(14(2)24-16-13)26(22,23)19-9-5-7-18(10-11-19)8-6-12-25(20,21)17(3)4/h5-12H2,1-4H3. The molecule has 150 valence electrons. The first kappa shape index (κ1) is 21.3. The van der Waals surface area contributed by atoms with E-state index in [1.807, 2.05) is 0 Å². The van der Waals surface area contributed by atoms with E-state index in [9.17, 15) is 16.8 Å². The Bertz CT molecular complexity index is 798. The minimum Gasteiger partial charge on any atom is -0.360 e. The Morgan fingerprint density at radius 1 is 1.08 bits per heavy atom. The molecule has 1 aromatic rings. The van der Waals surface area contributed by atoms with Crippen molar-refractivity contribution in [3.8, 4) is 0 Å². The molecule has 0 spiro atoms. The molecule has 0 aromatic carbocycles. The number of aryl methyl sites for hydroxylation is 2. The van der Waals surface area contributed by atoms with E-state index in [4.69, 9.17) is 4.52 Å². The Hall–Kier alpha value is -1.01. The summed E-state index contributed by atoms with van der Waals surface area (Å²) in [5.41, 5.74) is 0.373. The Morgan fingerprint density at radius 3 is 2.35 bits per heavy atom. The van der Waals surface area contributed by atoms with Crippen LogP contribution >= 0.6 is 0 Å². The zero-order valence-electron chi connectivity index (χ0n) is 15.8. The second kappa shape index (κ2) is 8.34. The predicted molar refractivity (Wildman–Crippen MR) is 97.9 cm³/mol. The highest BCUT2D eigenvalue weighted by molar-refractivity contribution is 7.89. The minimum absolute atomic E-state index is 0.0948. The largest absolute Gasteiger partial charge is 0.360 e. The highest BCUT2D eigenvalue weighted by Gasteiger charge is 2.32. The van der Waals surface area contributed by atoms with Crippen LogP contribution in [0.4, 0.5) is 0 Å². The van der Waals surface area contributed by atoms with Crippen LogP contribution in [0.3, 0.4) is 0 Å². The predicted octanol–water partition coefficient (Wildman–Crippen LogP) is 0.269. The van der Waals surface area contributed by atoms with Crippen molar-refractivity contribution in [2.45, 2.75) is 31.6 Å². The molecule has 0 saturated carbocycles. The summed E-state index contributed by atoms with van der Waals surface area (Å²) in [7, 11) is -3.78. The van der Waals surface area contributed by atoms with Crippen molar-refractivity contribution in [1.82, 2.24) is 18.7 Å². The third-order valence-electron chi connectivity index (χ3n) is 4.55. The van der Waals surface area contributed by atoms with Crippen LogP contribution in [0.5, 0.6) is 0 Å². The van der Waals surface area contributed by atoms with Gasteiger partial charge in [-0.05, 0) is 39.8 Å². The van der Waals surface area contributed by atoms with Crippen molar-refractivity contribution >= 4 is 20.0 Å². The molecule has 26 heavy (non-hydrogen) atoms. The summed E-state index contributed by atoms with van der Waals surface area (Å²) in [6.07, 6.45) is 1.22. The molecule has 11 heteroatoms. The van der Waals surface area contributed by atoms with Crippen LogP contribution in [0, 0.1) is 13.8 Å². The second-order valence-electron chi connectivity index (χ2n) is 6.70. The third-order valence-corrected chi connectivity index (χ3v) is 8.61. The van der Waals surface area contributed by atoms with Gasteiger partial charge in [0.05, 0.1) is 5.75 Å². The van der Waals surface area contributed by atoms with Crippen molar-refractivity contribution < 1.29 is 21.4 Å². The molecule has 1 fully saturated rings. The highest BCUT2D eigenvalue weighted by atomic mass is 32.2. The number of rotatable bonds is 7. The second-order valence-corrected chi connectivity index (χ2v) is 10.9. The molecule has 0 amide bonds. The topological polar surface area (TPSA) is 104 Å². The maximum absolute atomic E-state index is 12.9. The molecular formula is C15H28N4O5S2. The Kier molecular flexibility index (Phi) is 6.83. The van der Waals surface area contributed by atoms with Crippen LogP contribution in [-0.4, -0.2) is 88.1 Å². The average Bonchev–Trinajstić information content (AvgIpc) is 2.74. The van der Waals surface area contributed by atoms with Gasteiger partial charge in [-0.25, -0.2) is 21.1 Å². The minimum atomic E-state index is -3.63. The van der Waals surface area contributed by atoms with Gasteiger partial charge in [-0.1, -0.05) is 5.16 Å². The number of nitrogens with zero attached hydrogens (tertiary/aromatic N) is 4. The van der Waals surface area contributed by atoms with E-state index in [-0.39, 0.29) is 10.6 Å².